The van der Waals surface area contributed by atoms with Gasteiger partial charge >= 0.3 is 0 Å². The Morgan fingerprint density at radius 3 is 2.50 bits per heavy atom. The van der Waals surface area contributed by atoms with E-state index in [4.69, 9.17) is 0 Å². The zero-order valence-electron chi connectivity index (χ0n) is 11.2. The van der Waals surface area contributed by atoms with Crippen LogP contribution in [0.2, 0.25) is 0 Å². The summed E-state index contributed by atoms with van der Waals surface area (Å²) < 4.78 is 0.950. The zero-order chi connectivity index (χ0) is 14.4. The van der Waals surface area contributed by atoms with Crippen LogP contribution in [0.5, 0.6) is 0 Å². The molecule has 0 heterocycles. The Bertz CT molecular complexity index is 604. The standard InChI is InChI=1S/C18H17BrO/c1-2-12-18(20,16-9-6-10-17(19)14-16)13-11-15-7-4-3-5-8-15/h2-11,13-14,20H,1,12H2/b13-11+/t18-/m1/s1. The molecule has 2 heteroatoms. The zero-order valence-corrected chi connectivity index (χ0v) is 12.8. The third-order valence-corrected chi connectivity index (χ3v) is 3.62. The van der Waals surface area contributed by atoms with Crippen LogP contribution in [0.4, 0.5) is 0 Å². The maximum Gasteiger partial charge on any atom is 0.111 e. The van der Waals surface area contributed by atoms with E-state index in [1.807, 2.05) is 66.7 Å². The molecule has 1 atom stereocenters. The largest absolute Gasteiger partial charge is 0.381 e. The van der Waals surface area contributed by atoms with Gasteiger partial charge in [-0.15, -0.1) is 6.58 Å². The van der Waals surface area contributed by atoms with E-state index in [1.54, 1.807) is 6.08 Å². The monoisotopic (exact) mass is 328 g/mol. The van der Waals surface area contributed by atoms with E-state index in [0.717, 1.165) is 15.6 Å². The van der Waals surface area contributed by atoms with E-state index < -0.39 is 5.60 Å². The van der Waals surface area contributed by atoms with Gasteiger partial charge in [0.2, 0.25) is 0 Å². The highest BCUT2D eigenvalue weighted by atomic mass is 79.9. The molecule has 0 fully saturated rings. The van der Waals surface area contributed by atoms with Gasteiger partial charge in [-0.25, -0.2) is 0 Å². The maximum absolute atomic E-state index is 10.9. The highest BCUT2D eigenvalue weighted by molar-refractivity contribution is 9.10. The van der Waals surface area contributed by atoms with E-state index in [-0.39, 0.29) is 0 Å². The fourth-order valence-electron chi connectivity index (χ4n) is 2.06. The third kappa shape index (κ3) is 3.69. The highest BCUT2D eigenvalue weighted by Gasteiger charge is 2.24. The van der Waals surface area contributed by atoms with Crippen molar-refractivity contribution in [3.8, 4) is 0 Å². The quantitative estimate of drug-likeness (QED) is 0.772. The molecule has 0 radical (unpaired) electrons. The molecule has 0 saturated heterocycles. The predicted molar refractivity (Wildman–Crippen MR) is 88.3 cm³/mol. The van der Waals surface area contributed by atoms with Crippen LogP contribution in [-0.2, 0) is 5.60 Å². The second-order valence-corrected chi connectivity index (χ2v) is 5.59. The van der Waals surface area contributed by atoms with Crippen molar-refractivity contribution < 1.29 is 5.11 Å². The summed E-state index contributed by atoms with van der Waals surface area (Å²) in [7, 11) is 0. The van der Waals surface area contributed by atoms with Crippen molar-refractivity contribution in [3.63, 3.8) is 0 Å². The second kappa shape index (κ2) is 6.69. The lowest BCUT2D eigenvalue weighted by molar-refractivity contribution is 0.0938. The minimum atomic E-state index is -1.04. The van der Waals surface area contributed by atoms with Crippen molar-refractivity contribution in [1.82, 2.24) is 0 Å². The molecule has 0 unspecified atom stereocenters. The Morgan fingerprint density at radius 2 is 1.85 bits per heavy atom. The molecule has 20 heavy (non-hydrogen) atoms. The van der Waals surface area contributed by atoms with Crippen molar-refractivity contribution in [2.24, 2.45) is 0 Å². The molecule has 0 aromatic heterocycles. The van der Waals surface area contributed by atoms with Crippen LogP contribution in [0.15, 0.2) is 77.8 Å². The first kappa shape index (κ1) is 14.8. The van der Waals surface area contributed by atoms with Crippen LogP contribution in [0, 0.1) is 0 Å². The lowest BCUT2D eigenvalue weighted by Crippen LogP contribution is -2.21. The highest BCUT2D eigenvalue weighted by Crippen LogP contribution is 2.30. The summed E-state index contributed by atoms with van der Waals surface area (Å²) in [6, 6.07) is 17.7. The van der Waals surface area contributed by atoms with Gasteiger partial charge in [0, 0.05) is 10.9 Å². The number of hydrogen-bond donors (Lipinski definition) is 1. The first-order chi connectivity index (χ1) is 9.64. The van der Waals surface area contributed by atoms with Crippen LogP contribution in [0.3, 0.4) is 0 Å². The first-order valence-corrected chi connectivity index (χ1v) is 7.27. The van der Waals surface area contributed by atoms with E-state index >= 15 is 0 Å². The molecule has 0 aliphatic carbocycles. The second-order valence-electron chi connectivity index (χ2n) is 4.67. The molecule has 0 aliphatic heterocycles. The molecule has 102 valence electrons. The van der Waals surface area contributed by atoms with Gasteiger partial charge in [0.15, 0.2) is 0 Å². The van der Waals surface area contributed by atoms with Gasteiger partial charge in [0.05, 0.1) is 0 Å². The minimum absolute atomic E-state index is 0.465. The van der Waals surface area contributed by atoms with Crippen molar-refractivity contribution in [1.29, 1.82) is 0 Å². The van der Waals surface area contributed by atoms with Crippen molar-refractivity contribution in [2.75, 3.05) is 0 Å². The number of halogens is 1. The predicted octanol–water partition coefficient (Wildman–Crippen LogP) is 4.93. The molecule has 0 bridgehead atoms. The summed E-state index contributed by atoms with van der Waals surface area (Å²) in [5.41, 5.74) is 0.866. The maximum atomic E-state index is 10.9. The molecule has 2 aromatic carbocycles. The smallest absolute Gasteiger partial charge is 0.111 e. The first-order valence-electron chi connectivity index (χ1n) is 6.48. The lowest BCUT2D eigenvalue weighted by atomic mass is 9.89. The lowest BCUT2D eigenvalue weighted by Gasteiger charge is -2.24. The molecule has 1 nitrogen and oxygen atoms in total. The summed E-state index contributed by atoms with van der Waals surface area (Å²) in [6.07, 6.45) is 5.96. The van der Waals surface area contributed by atoms with Crippen LogP contribution >= 0.6 is 15.9 Å². The van der Waals surface area contributed by atoms with Gasteiger partial charge in [-0.05, 0) is 29.3 Å². The molecule has 0 spiro atoms. The summed E-state index contributed by atoms with van der Waals surface area (Å²) in [6.45, 7) is 3.74. The van der Waals surface area contributed by atoms with E-state index in [0.29, 0.717) is 6.42 Å². The van der Waals surface area contributed by atoms with Crippen LogP contribution in [0.1, 0.15) is 17.5 Å². The summed E-state index contributed by atoms with van der Waals surface area (Å²) in [5.74, 6) is 0. The number of benzene rings is 2. The number of aliphatic hydroxyl groups is 1. The molecule has 2 rings (SSSR count). The fraction of sp³-hybridized carbons (Fsp3) is 0.111. The molecule has 2 aromatic rings. The normalized spacial score (nSPS) is 14.1. The molecular formula is C18H17BrO. The summed E-state index contributed by atoms with van der Waals surface area (Å²) in [4.78, 5) is 0. The molecular weight excluding hydrogens is 312 g/mol. The Kier molecular flexibility index (Phi) is 4.94. The Balaban J connectivity index is 2.34. The van der Waals surface area contributed by atoms with Gasteiger partial charge in [0.1, 0.15) is 5.60 Å². The third-order valence-electron chi connectivity index (χ3n) is 3.13. The fourth-order valence-corrected chi connectivity index (χ4v) is 2.46. The molecule has 0 aliphatic rings. The van der Waals surface area contributed by atoms with E-state index in [9.17, 15) is 5.11 Å². The van der Waals surface area contributed by atoms with E-state index in [2.05, 4.69) is 22.5 Å². The van der Waals surface area contributed by atoms with Crippen molar-refractivity contribution in [3.05, 3.63) is 88.9 Å². The van der Waals surface area contributed by atoms with Gasteiger partial charge in [-0.3, -0.25) is 0 Å². The Labute approximate surface area is 128 Å². The van der Waals surface area contributed by atoms with Crippen LogP contribution < -0.4 is 0 Å². The van der Waals surface area contributed by atoms with E-state index in [1.165, 1.54) is 0 Å². The van der Waals surface area contributed by atoms with Gasteiger partial charge in [-0.2, -0.15) is 0 Å². The van der Waals surface area contributed by atoms with Gasteiger partial charge in [-0.1, -0.05) is 70.5 Å². The average molecular weight is 329 g/mol. The SMILES string of the molecule is C=CC[C@@](O)(/C=C/c1ccccc1)c1cccc(Br)c1. The van der Waals surface area contributed by atoms with Gasteiger partial charge < -0.3 is 5.11 Å². The average Bonchev–Trinajstić information content (AvgIpc) is 2.47. The molecule has 1 N–H and O–H groups in total. The Morgan fingerprint density at radius 1 is 1.10 bits per heavy atom. The number of rotatable bonds is 5. The minimum Gasteiger partial charge on any atom is -0.381 e. The topological polar surface area (TPSA) is 20.2 Å². The van der Waals surface area contributed by atoms with Crippen molar-refractivity contribution >= 4 is 22.0 Å². The number of hydrogen-bond acceptors (Lipinski definition) is 1. The van der Waals surface area contributed by atoms with Crippen LogP contribution in [-0.4, -0.2) is 5.11 Å². The molecule has 0 saturated carbocycles. The van der Waals surface area contributed by atoms with Crippen LogP contribution in [0.25, 0.3) is 6.08 Å². The van der Waals surface area contributed by atoms with Gasteiger partial charge in [0.25, 0.3) is 0 Å². The molecule has 0 amide bonds. The Hall–Kier alpha value is -1.64. The van der Waals surface area contributed by atoms with Crippen molar-refractivity contribution in [2.45, 2.75) is 12.0 Å². The summed E-state index contributed by atoms with van der Waals surface area (Å²) in [5, 5.41) is 10.9. The summed E-state index contributed by atoms with van der Waals surface area (Å²) >= 11 is 3.44.